The first-order valence-corrected chi connectivity index (χ1v) is 11.0. The van der Waals surface area contributed by atoms with E-state index in [0.29, 0.717) is 16.8 Å². The lowest BCUT2D eigenvalue weighted by molar-refractivity contribution is 0.0887. The van der Waals surface area contributed by atoms with Gasteiger partial charge in [0.15, 0.2) is 11.6 Å². The van der Waals surface area contributed by atoms with Crippen molar-refractivity contribution in [3.05, 3.63) is 72.5 Å². The molecule has 0 fully saturated rings. The SMILES string of the molecule is Cc1c(C)c(C)c2c(c1C)C(=O)C(c1nc3c(C)c(C)c(C)c(C)c3c(C)c1C)C2=O. The van der Waals surface area contributed by atoms with Crippen LogP contribution in [0.1, 0.15) is 88.0 Å². The number of hydrogen-bond donors (Lipinski definition) is 0. The molecule has 160 valence electrons. The van der Waals surface area contributed by atoms with Crippen LogP contribution >= 0.6 is 0 Å². The van der Waals surface area contributed by atoms with Gasteiger partial charge in [-0.1, -0.05) is 0 Å². The molecule has 31 heavy (non-hydrogen) atoms. The average Bonchev–Trinajstić information content (AvgIpc) is 2.99. The van der Waals surface area contributed by atoms with Crippen LogP contribution in [0.5, 0.6) is 0 Å². The van der Waals surface area contributed by atoms with Gasteiger partial charge in [-0.3, -0.25) is 14.6 Å². The Morgan fingerprint density at radius 2 is 0.871 bits per heavy atom. The van der Waals surface area contributed by atoms with Gasteiger partial charge in [-0.2, -0.15) is 0 Å². The summed E-state index contributed by atoms with van der Waals surface area (Å²) in [6, 6.07) is 0. The molecule has 0 unspecified atom stereocenters. The maximum absolute atomic E-state index is 13.7. The van der Waals surface area contributed by atoms with Crippen molar-refractivity contribution in [2.45, 2.75) is 75.2 Å². The first-order chi connectivity index (χ1) is 14.4. The Kier molecular flexibility index (Phi) is 4.73. The van der Waals surface area contributed by atoms with Gasteiger partial charge >= 0.3 is 0 Å². The second-order valence-corrected chi connectivity index (χ2v) is 9.38. The van der Waals surface area contributed by atoms with Crippen LogP contribution in [0.25, 0.3) is 10.9 Å². The summed E-state index contributed by atoms with van der Waals surface area (Å²) in [6.45, 7) is 20.6. The third kappa shape index (κ3) is 2.62. The Balaban J connectivity index is 2.06. The van der Waals surface area contributed by atoms with Gasteiger partial charge in [0.25, 0.3) is 0 Å². The van der Waals surface area contributed by atoms with E-state index >= 15 is 0 Å². The Morgan fingerprint density at radius 1 is 0.484 bits per heavy atom. The van der Waals surface area contributed by atoms with E-state index < -0.39 is 5.92 Å². The molecule has 1 aliphatic rings. The van der Waals surface area contributed by atoms with E-state index in [1.54, 1.807) is 0 Å². The van der Waals surface area contributed by atoms with Crippen molar-refractivity contribution in [3.8, 4) is 0 Å². The van der Waals surface area contributed by atoms with Crippen molar-refractivity contribution >= 4 is 22.5 Å². The summed E-state index contributed by atoms with van der Waals surface area (Å²) in [7, 11) is 0. The minimum Gasteiger partial charge on any atom is -0.293 e. The van der Waals surface area contributed by atoms with Crippen molar-refractivity contribution in [2.75, 3.05) is 0 Å². The van der Waals surface area contributed by atoms with Crippen molar-refractivity contribution in [1.29, 1.82) is 0 Å². The van der Waals surface area contributed by atoms with E-state index in [2.05, 4.69) is 34.6 Å². The molecule has 2 aromatic carbocycles. The lowest BCUT2D eigenvalue weighted by atomic mass is 9.87. The van der Waals surface area contributed by atoms with Crippen LogP contribution in [0.15, 0.2) is 0 Å². The number of carbonyl (C=O) groups excluding carboxylic acids is 2. The second kappa shape index (κ2) is 6.85. The minimum atomic E-state index is -0.849. The normalized spacial score (nSPS) is 14.1. The van der Waals surface area contributed by atoms with Crippen molar-refractivity contribution in [3.63, 3.8) is 0 Å². The zero-order valence-electron chi connectivity index (χ0n) is 20.3. The van der Waals surface area contributed by atoms with Gasteiger partial charge in [-0.25, -0.2) is 0 Å². The summed E-state index contributed by atoms with van der Waals surface area (Å²) in [5.41, 5.74) is 13.7. The molecule has 1 aromatic heterocycles. The van der Waals surface area contributed by atoms with Crippen LogP contribution in [0, 0.1) is 69.2 Å². The van der Waals surface area contributed by atoms with Crippen molar-refractivity contribution < 1.29 is 9.59 Å². The maximum atomic E-state index is 13.7. The highest BCUT2D eigenvalue weighted by molar-refractivity contribution is 6.31. The molecule has 4 rings (SSSR count). The lowest BCUT2D eigenvalue weighted by Crippen LogP contribution is -2.18. The molecule has 3 heteroatoms. The third-order valence-electron chi connectivity index (χ3n) is 8.19. The number of aryl methyl sites for hydroxylation is 3. The highest BCUT2D eigenvalue weighted by atomic mass is 16.2. The van der Waals surface area contributed by atoms with Gasteiger partial charge in [0, 0.05) is 16.5 Å². The molecule has 0 saturated carbocycles. The van der Waals surface area contributed by atoms with Gasteiger partial charge in [-0.15, -0.1) is 0 Å². The number of benzene rings is 2. The Hall–Kier alpha value is -2.81. The van der Waals surface area contributed by atoms with E-state index in [1.165, 1.54) is 16.7 Å². The molecule has 0 amide bonds. The maximum Gasteiger partial charge on any atom is 0.180 e. The quantitative estimate of drug-likeness (QED) is 0.429. The minimum absolute atomic E-state index is 0.101. The number of Topliss-reactive ketones (excluding diaryl/α,β-unsaturated/α-hetero) is 2. The number of ketones is 2. The Bertz CT molecular complexity index is 1310. The molecule has 1 heterocycles. The molecular formula is C28H31NO2. The van der Waals surface area contributed by atoms with Gasteiger partial charge in [0.05, 0.1) is 11.2 Å². The number of rotatable bonds is 1. The van der Waals surface area contributed by atoms with Crippen LogP contribution in [0.3, 0.4) is 0 Å². The molecular weight excluding hydrogens is 382 g/mol. The van der Waals surface area contributed by atoms with Gasteiger partial charge in [0.1, 0.15) is 5.92 Å². The predicted octanol–water partition coefficient (Wildman–Crippen LogP) is 6.48. The number of pyridine rings is 1. The Labute approximate surface area is 184 Å². The molecule has 1 aliphatic carbocycles. The smallest absolute Gasteiger partial charge is 0.180 e. The summed E-state index contributed by atoms with van der Waals surface area (Å²) in [5.74, 6) is -1.05. The van der Waals surface area contributed by atoms with Crippen molar-refractivity contribution in [1.82, 2.24) is 4.98 Å². The number of aromatic nitrogens is 1. The standard InChI is InChI=1S/C28H31NO2/c1-11-12(2)17(7)23-22(16(11)6)27(30)24(28(23)31)26-20(10)18(8)21-15(5)13(3)14(4)19(9)25(21)29-26/h24H,1-10H3. The van der Waals surface area contributed by atoms with Crippen LogP contribution in [0.2, 0.25) is 0 Å². The van der Waals surface area contributed by atoms with E-state index in [0.717, 1.165) is 49.8 Å². The van der Waals surface area contributed by atoms with Gasteiger partial charge in [0.2, 0.25) is 0 Å². The zero-order chi connectivity index (χ0) is 23.1. The van der Waals surface area contributed by atoms with E-state index in [9.17, 15) is 9.59 Å². The van der Waals surface area contributed by atoms with E-state index in [-0.39, 0.29) is 11.6 Å². The molecule has 0 aliphatic heterocycles. The second-order valence-electron chi connectivity index (χ2n) is 9.38. The molecule has 3 nitrogen and oxygen atoms in total. The van der Waals surface area contributed by atoms with Crippen LogP contribution < -0.4 is 0 Å². The molecule has 0 radical (unpaired) electrons. The summed E-state index contributed by atoms with van der Waals surface area (Å²) >= 11 is 0. The molecule has 0 N–H and O–H groups in total. The fraction of sp³-hybridized carbons (Fsp3) is 0.393. The summed E-state index contributed by atoms with van der Waals surface area (Å²) < 4.78 is 0. The molecule has 0 bridgehead atoms. The van der Waals surface area contributed by atoms with Crippen LogP contribution in [-0.2, 0) is 0 Å². The van der Waals surface area contributed by atoms with Crippen molar-refractivity contribution in [2.24, 2.45) is 0 Å². The monoisotopic (exact) mass is 413 g/mol. The number of nitrogens with zero attached hydrogens (tertiary/aromatic N) is 1. The van der Waals surface area contributed by atoms with Gasteiger partial charge < -0.3 is 0 Å². The number of carbonyl (C=O) groups is 2. The van der Waals surface area contributed by atoms with E-state index in [4.69, 9.17) is 4.98 Å². The molecule has 0 spiro atoms. The molecule has 3 aromatic rings. The number of fused-ring (bicyclic) bond motifs is 2. The topological polar surface area (TPSA) is 47.0 Å². The summed E-state index contributed by atoms with van der Waals surface area (Å²) in [5, 5.41) is 1.15. The predicted molar refractivity (Wildman–Crippen MR) is 127 cm³/mol. The molecule has 0 saturated heterocycles. The number of hydrogen-bond acceptors (Lipinski definition) is 3. The first-order valence-electron chi connectivity index (χ1n) is 11.0. The van der Waals surface area contributed by atoms with Crippen LogP contribution in [-0.4, -0.2) is 16.6 Å². The lowest BCUT2D eigenvalue weighted by Gasteiger charge is -2.20. The fourth-order valence-electron chi connectivity index (χ4n) is 5.34. The largest absolute Gasteiger partial charge is 0.293 e. The van der Waals surface area contributed by atoms with Gasteiger partial charge in [-0.05, 0) is 125 Å². The third-order valence-corrected chi connectivity index (χ3v) is 8.19. The summed E-state index contributed by atoms with van der Waals surface area (Å²) in [4.78, 5) is 32.3. The summed E-state index contributed by atoms with van der Waals surface area (Å²) in [6.07, 6.45) is 0. The molecule has 0 atom stereocenters. The van der Waals surface area contributed by atoms with Crippen LogP contribution in [0.4, 0.5) is 0 Å². The average molecular weight is 414 g/mol. The van der Waals surface area contributed by atoms with E-state index in [1.807, 2.05) is 34.6 Å². The highest BCUT2D eigenvalue weighted by Crippen LogP contribution is 2.42. The fourth-order valence-corrected chi connectivity index (χ4v) is 5.34. The zero-order valence-corrected chi connectivity index (χ0v) is 20.3. The Morgan fingerprint density at radius 3 is 1.35 bits per heavy atom. The first kappa shape index (κ1) is 21.4. The highest BCUT2D eigenvalue weighted by Gasteiger charge is 2.44.